The number of nitrogens with one attached hydrogen (secondary N) is 1. The Morgan fingerprint density at radius 2 is 1.72 bits per heavy atom. The molecule has 5 nitrogen and oxygen atoms in total. The lowest BCUT2D eigenvalue weighted by Gasteiger charge is -2.10. The summed E-state index contributed by atoms with van der Waals surface area (Å²) in [6, 6.07) is 24.5. The van der Waals surface area contributed by atoms with Crippen molar-refractivity contribution in [1.29, 1.82) is 0 Å². The van der Waals surface area contributed by atoms with Crippen LogP contribution in [0.3, 0.4) is 0 Å². The smallest absolute Gasteiger partial charge is 0.275 e. The van der Waals surface area contributed by atoms with Crippen molar-refractivity contribution >= 4 is 38.5 Å². The lowest BCUT2D eigenvalue weighted by molar-refractivity contribution is 0.0952. The van der Waals surface area contributed by atoms with Gasteiger partial charge in [-0.15, -0.1) is 0 Å². The van der Waals surface area contributed by atoms with Crippen LogP contribution in [0.25, 0.3) is 10.9 Å². The number of halogens is 1. The van der Waals surface area contributed by atoms with Crippen LogP contribution >= 0.6 is 15.9 Å². The first kappa shape index (κ1) is 19.0. The van der Waals surface area contributed by atoms with E-state index in [9.17, 15) is 9.90 Å². The fourth-order valence-electron chi connectivity index (χ4n) is 3.24. The summed E-state index contributed by atoms with van der Waals surface area (Å²) in [6.45, 7) is 0. The number of para-hydroxylation sites is 1. The maximum absolute atomic E-state index is 12.6. The van der Waals surface area contributed by atoms with Crippen LogP contribution in [0.5, 0.6) is 5.75 Å². The van der Waals surface area contributed by atoms with Crippen molar-refractivity contribution in [3.8, 4) is 5.75 Å². The minimum Gasteiger partial charge on any atom is -0.507 e. The Balaban J connectivity index is 1.78. The van der Waals surface area contributed by atoms with Crippen molar-refractivity contribution < 1.29 is 9.90 Å². The number of fused-ring (bicyclic) bond motifs is 1. The van der Waals surface area contributed by atoms with E-state index >= 15 is 0 Å². The Hall–Kier alpha value is -3.38. The lowest BCUT2D eigenvalue weighted by atomic mass is 10.1. The summed E-state index contributed by atoms with van der Waals surface area (Å²) in [5.41, 5.74) is 6.18. The number of carbonyl (C=O) groups excluding carboxylic acids is 1. The molecule has 4 rings (SSSR count). The highest BCUT2D eigenvalue weighted by Crippen LogP contribution is 2.23. The zero-order valence-corrected chi connectivity index (χ0v) is 17.2. The molecular formula is C23H18BrN3O2. The van der Waals surface area contributed by atoms with E-state index in [1.165, 1.54) is 6.07 Å². The van der Waals surface area contributed by atoms with E-state index < -0.39 is 5.91 Å². The highest BCUT2D eigenvalue weighted by atomic mass is 79.9. The Kier molecular flexibility index (Phi) is 5.18. The average molecular weight is 448 g/mol. The van der Waals surface area contributed by atoms with Gasteiger partial charge in [0.1, 0.15) is 11.5 Å². The van der Waals surface area contributed by atoms with Gasteiger partial charge in [-0.2, -0.15) is 5.10 Å². The van der Waals surface area contributed by atoms with Gasteiger partial charge in [-0.05, 0) is 30.3 Å². The molecule has 0 unspecified atom stereocenters. The number of hydrogen-bond acceptors (Lipinski definition) is 3. The van der Waals surface area contributed by atoms with Crippen molar-refractivity contribution in [2.45, 2.75) is 0 Å². The summed E-state index contributed by atoms with van der Waals surface area (Å²) in [6.07, 6.45) is 0. The molecule has 29 heavy (non-hydrogen) atoms. The van der Waals surface area contributed by atoms with Gasteiger partial charge >= 0.3 is 0 Å². The number of phenols is 1. The molecule has 0 saturated heterocycles. The number of hydrazone groups is 1. The molecule has 0 fully saturated rings. The fraction of sp³-hybridized carbons (Fsp3) is 0.0435. The van der Waals surface area contributed by atoms with Gasteiger partial charge in [-0.25, -0.2) is 5.43 Å². The fourth-order valence-corrected chi connectivity index (χ4v) is 3.60. The molecule has 0 saturated carbocycles. The Labute approximate surface area is 176 Å². The van der Waals surface area contributed by atoms with Gasteiger partial charge in [0.05, 0.1) is 11.3 Å². The van der Waals surface area contributed by atoms with Crippen LogP contribution < -0.4 is 5.43 Å². The second-order valence-electron chi connectivity index (χ2n) is 6.58. The zero-order chi connectivity index (χ0) is 20.4. The van der Waals surface area contributed by atoms with E-state index in [1.54, 1.807) is 12.1 Å². The number of benzene rings is 3. The quantitative estimate of drug-likeness (QED) is 0.347. The molecule has 0 aliphatic heterocycles. The minimum absolute atomic E-state index is 0.105. The molecule has 1 aromatic heterocycles. The number of nitrogens with zero attached hydrogens (tertiary/aromatic N) is 2. The summed E-state index contributed by atoms with van der Waals surface area (Å²) in [5.74, 6) is -0.595. The molecule has 3 aromatic carbocycles. The first-order valence-corrected chi connectivity index (χ1v) is 9.80. The highest BCUT2D eigenvalue weighted by Gasteiger charge is 2.16. The number of phenolic OH excluding ortho intramolecular Hbond substituents is 1. The van der Waals surface area contributed by atoms with Crippen molar-refractivity contribution in [2.24, 2.45) is 12.1 Å². The van der Waals surface area contributed by atoms with Crippen molar-refractivity contribution in [1.82, 2.24) is 9.99 Å². The van der Waals surface area contributed by atoms with Crippen molar-refractivity contribution in [2.75, 3.05) is 0 Å². The summed E-state index contributed by atoms with van der Waals surface area (Å²) >= 11 is 3.32. The summed E-state index contributed by atoms with van der Waals surface area (Å²) in [7, 11) is 1.97. The number of rotatable bonds is 4. The number of aryl methyl sites for hydroxylation is 1. The topological polar surface area (TPSA) is 66.6 Å². The van der Waals surface area contributed by atoms with Crippen LogP contribution in [-0.2, 0) is 7.05 Å². The second-order valence-corrected chi connectivity index (χ2v) is 7.49. The molecule has 0 radical (unpaired) electrons. The molecule has 1 heterocycles. The molecular weight excluding hydrogens is 430 g/mol. The monoisotopic (exact) mass is 447 g/mol. The molecule has 2 N–H and O–H groups in total. The van der Waals surface area contributed by atoms with Gasteiger partial charge in [-0.3, -0.25) is 4.79 Å². The van der Waals surface area contributed by atoms with Gasteiger partial charge < -0.3 is 9.67 Å². The molecule has 6 heteroatoms. The van der Waals surface area contributed by atoms with E-state index in [0.717, 1.165) is 22.2 Å². The standard InChI is InChI=1S/C23H18BrN3O2/c1-27-19-10-6-5-9-16(19)13-20(27)22(15-7-3-2-4-8-15)25-26-23(29)18-14-17(24)11-12-21(18)28/h2-14,28H,1H3,(H,26,29)/b25-22+. The van der Waals surface area contributed by atoms with E-state index in [-0.39, 0.29) is 11.3 Å². The van der Waals surface area contributed by atoms with Crippen molar-refractivity contribution in [3.63, 3.8) is 0 Å². The number of aromatic hydroxyl groups is 1. The van der Waals surface area contributed by atoms with Gasteiger partial charge in [0.15, 0.2) is 0 Å². The average Bonchev–Trinajstić information content (AvgIpc) is 3.07. The number of hydrogen-bond donors (Lipinski definition) is 2. The van der Waals surface area contributed by atoms with Crippen LogP contribution in [0.15, 0.2) is 88.4 Å². The normalized spacial score (nSPS) is 11.6. The third kappa shape index (κ3) is 3.79. The Bertz CT molecular complexity index is 1230. The number of carbonyl (C=O) groups is 1. The van der Waals surface area contributed by atoms with Gasteiger partial charge in [0.25, 0.3) is 5.91 Å². The van der Waals surface area contributed by atoms with Gasteiger partial charge in [0, 0.05) is 28.0 Å². The lowest BCUT2D eigenvalue weighted by Crippen LogP contribution is -2.21. The third-order valence-corrected chi connectivity index (χ3v) is 5.21. The zero-order valence-electron chi connectivity index (χ0n) is 15.6. The van der Waals surface area contributed by atoms with E-state index in [1.807, 2.05) is 72.3 Å². The van der Waals surface area contributed by atoms with Gasteiger partial charge in [0.2, 0.25) is 0 Å². The summed E-state index contributed by atoms with van der Waals surface area (Å²) in [5, 5.41) is 15.5. The summed E-state index contributed by atoms with van der Waals surface area (Å²) in [4.78, 5) is 12.6. The number of aromatic nitrogens is 1. The number of amides is 1. The van der Waals surface area contributed by atoms with E-state index in [4.69, 9.17) is 0 Å². The second kappa shape index (κ2) is 7.93. The Morgan fingerprint density at radius 1 is 1.00 bits per heavy atom. The molecule has 0 aliphatic rings. The Morgan fingerprint density at radius 3 is 2.48 bits per heavy atom. The van der Waals surface area contributed by atoms with Crippen LogP contribution in [0.1, 0.15) is 21.6 Å². The van der Waals surface area contributed by atoms with Crippen LogP contribution in [0, 0.1) is 0 Å². The maximum Gasteiger partial charge on any atom is 0.275 e. The van der Waals surface area contributed by atoms with E-state index in [0.29, 0.717) is 10.2 Å². The molecule has 0 bridgehead atoms. The molecule has 0 atom stereocenters. The highest BCUT2D eigenvalue weighted by molar-refractivity contribution is 9.10. The molecule has 0 aliphatic carbocycles. The van der Waals surface area contributed by atoms with E-state index in [2.05, 4.69) is 26.5 Å². The van der Waals surface area contributed by atoms with Crippen LogP contribution in [0.4, 0.5) is 0 Å². The summed E-state index contributed by atoms with van der Waals surface area (Å²) < 4.78 is 2.74. The van der Waals surface area contributed by atoms with Crippen LogP contribution in [-0.4, -0.2) is 21.3 Å². The van der Waals surface area contributed by atoms with Crippen molar-refractivity contribution in [3.05, 3.63) is 100 Å². The first-order valence-electron chi connectivity index (χ1n) is 9.01. The van der Waals surface area contributed by atoms with Crippen LogP contribution in [0.2, 0.25) is 0 Å². The molecule has 144 valence electrons. The largest absolute Gasteiger partial charge is 0.507 e. The molecule has 4 aromatic rings. The SMILES string of the molecule is Cn1c(/C(=N/NC(=O)c2cc(Br)ccc2O)c2ccccc2)cc2ccccc21. The predicted molar refractivity (Wildman–Crippen MR) is 118 cm³/mol. The first-order chi connectivity index (χ1) is 14.0. The minimum atomic E-state index is -0.490. The maximum atomic E-state index is 12.6. The van der Waals surface area contributed by atoms with Gasteiger partial charge in [-0.1, -0.05) is 64.5 Å². The molecule has 1 amide bonds. The third-order valence-electron chi connectivity index (χ3n) is 4.71. The predicted octanol–water partition coefficient (Wildman–Crippen LogP) is 4.83. The molecule has 0 spiro atoms.